The van der Waals surface area contributed by atoms with Crippen molar-refractivity contribution in [1.82, 2.24) is 24.6 Å². The van der Waals surface area contributed by atoms with Crippen molar-refractivity contribution in [3.63, 3.8) is 0 Å². The summed E-state index contributed by atoms with van der Waals surface area (Å²) in [6.07, 6.45) is 7.88. The third-order valence-corrected chi connectivity index (χ3v) is 5.41. The average Bonchev–Trinajstić information content (AvgIpc) is 3.41. The lowest BCUT2D eigenvalue weighted by molar-refractivity contribution is 0.0779. The Hall–Kier alpha value is -2.21. The number of hydrogen-bond acceptors (Lipinski definition) is 4. The van der Waals surface area contributed by atoms with Gasteiger partial charge >= 0.3 is 0 Å². The first-order valence-corrected chi connectivity index (χ1v) is 9.29. The zero-order valence-corrected chi connectivity index (χ0v) is 14.8. The van der Waals surface area contributed by atoms with Crippen molar-refractivity contribution < 1.29 is 4.79 Å². The van der Waals surface area contributed by atoms with E-state index in [4.69, 9.17) is 0 Å². The number of likely N-dealkylation sites (tertiary alicyclic amines) is 2. The molecule has 6 nitrogen and oxygen atoms in total. The number of aromatic nitrogens is 3. The van der Waals surface area contributed by atoms with Crippen LogP contribution in [-0.4, -0.2) is 62.7 Å². The van der Waals surface area contributed by atoms with Crippen LogP contribution in [0.3, 0.4) is 0 Å². The van der Waals surface area contributed by atoms with Gasteiger partial charge in [-0.2, -0.15) is 5.10 Å². The highest BCUT2D eigenvalue weighted by Gasteiger charge is 2.33. The van der Waals surface area contributed by atoms with Gasteiger partial charge in [0, 0.05) is 25.3 Å². The zero-order valence-electron chi connectivity index (χ0n) is 14.8. The number of carbonyl (C=O) groups is 1. The second-order valence-electron chi connectivity index (χ2n) is 6.89. The van der Waals surface area contributed by atoms with E-state index in [1.807, 2.05) is 23.1 Å². The first kappa shape index (κ1) is 16.3. The molecule has 0 saturated carbocycles. The number of pyridine rings is 1. The summed E-state index contributed by atoms with van der Waals surface area (Å²) in [4.78, 5) is 22.0. The molecule has 2 aliphatic rings. The van der Waals surface area contributed by atoms with Crippen molar-refractivity contribution in [1.29, 1.82) is 0 Å². The van der Waals surface area contributed by atoms with E-state index in [-0.39, 0.29) is 5.91 Å². The van der Waals surface area contributed by atoms with Crippen LogP contribution in [0.2, 0.25) is 0 Å². The maximum atomic E-state index is 13.1. The Morgan fingerprint density at radius 2 is 2.08 bits per heavy atom. The van der Waals surface area contributed by atoms with Crippen molar-refractivity contribution in [2.24, 2.45) is 0 Å². The molecule has 0 spiro atoms. The van der Waals surface area contributed by atoms with E-state index in [0.29, 0.717) is 6.04 Å². The molecule has 25 heavy (non-hydrogen) atoms. The summed E-state index contributed by atoms with van der Waals surface area (Å²) in [6, 6.07) is 6.27. The summed E-state index contributed by atoms with van der Waals surface area (Å²) in [6.45, 7) is 6.12. The lowest BCUT2D eigenvalue weighted by Gasteiger charge is -2.23. The Kier molecular flexibility index (Phi) is 4.53. The maximum Gasteiger partial charge on any atom is 0.257 e. The van der Waals surface area contributed by atoms with Crippen LogP contribution in [0, 0.1) is 0 Å². The Morgan fingerprint density at radius 3 is 2.80 bits per heavy atom. The van der Waals surface area contributed by atoms with Gasteiger partial charge in [0.2, 0.25) is 0 Å². The minimum Gasteiger partial charge on any atom is -0.337 e. The third kappa shape index (κ3) is 3.06. The smallest absolute Gasteiger partial charge is 0.257 e. The van der Waals surface area contributed by atoms with Gasteiger partial charge in [-0.1, -0.05) is 13.0 Å². The minimum atomic E-state index is 0.112. The molecule has 1 amide bonds. The zero-order chi connectivity index (χ0) is 17.2. The summed E-state index contributed by atoms with van der Waals surface area (Å²) in [7, 11) is 0. The predicted molar refractivity (Wildman–Crippen MR) is 95.9 cm³/mol. The van der Waals surface area contributed by atoms with Crippen LogP contribution >= 0.6 is 0 Å². The van der Waals surface area contributed by atoms with Crippen LogP contribution < -0.4 is 0 Å². The number of amides is 1. The molecule has 0 unspecified atom stereocenters. The summed E-state index contributed by atoms with van der Waals surface area (Å²) in [5.74, 6) is 0.871. The van der Waals surface area contributed by atoms with Crippen molar-refractivity contribution in [3.8, 4) is 5.82 Å². The topological polar surface area (TPSA) is 54.3 Å². The number of hydrogen-bond donors (Lipinski definition) is 0. The van der Waals surface area contributed by atoms with Crippen molar-refractivity contribution in [2.75, 3.05) is 26.2 Å². The largest absolute Gasteiger partial charge is 0.337 e. The summed E-state index contributed by atoms with van der Waals surface area (Å²) in [5.41, 5.74) is 1.66. The van der Waals surface area contributed by atoms with Crippen LogP contribution in [0.15, 0.2) is 30.6 Å². The molecular weight excluding hydrogens is 314 g/mol. The molecule has 4 rings (SSSR count). The highest BCUT2D eigenvalue weighted by atomic mass is 16.2. The molecule has 2 aliphatic heterocycles. The molecule has 132 valence electrons. The van der Waals surface area contributed by atoms with Gasteiger partial charge in [0.25, 0.3) is 5.91 Å². The van der Waals surface area contributed by atoms with Crippen LogP contribution in [0.4, 0.5) is 0 Å². The van der Waals surface area contributed by atoms with Crippen molar-refractivity contribution in [2.45, 2.75) is 38.6 Å². The average molecular weight is 339 g/mol. The Bertz CT molecular complexity index is 736. The number of carbonyl (C=O) groups excluding carboxylic acids is 1. The van der Waals surface area contributed by atoms with E-state index in [1.165, 1.54) is 25.9 Å². The monoisotopic (exact) mass is 339 g/mol. The van der Waals surface area contributed by atoms with Gasteiger partial charge in [-0.25, -0.2) is 9.67 Å². The fourth-order valence-corrected chi connectivity index (χ4v) is 4.07. The SMILES string of the molecule is CCc1c(C(=O)N2CC[C@@H](N3CCCC3)C2)cnn1-c1ccccn1. The van der Waals surface area contributed by atoms with Crippen LogP contribution in [0.1, 0.15) is 42.2 Å². The maximum absolute atomic E-state index is 13.1. The minimum absolute atomic E-state index is 0.112. The standard InChI is InChI=1S/C19H25N5O/c1-2-17-16(13-21-24(17)18-7-3-4-9-20-18)19(25)23-12-8-15(14-23)22-10-5-6-11-22/h3-4,7,9,13,15H,2,5-6,8,10-12,14H2,1H3/t15-/m1/s1. The van der Waals surface area contributed by atoms with E-state index < -0.39 is 0 Å². The number of rotatable bonds is 4. The molecule has 2 saturated heterocycles. The molecule has 2 fully saturated rings. The van der Waals surface area contributed by atoms with E-state index in [0.717, 1.165) is 43.0 Å². The quantitative estimate of drug-likeness (QED) is 0.856. The molecule has 0 aliphatic carbocycles. The molecule has 4 heterocycles. The molecule has 6 heteroatoms. The lowest BCUT2D eigenvalue weighted by atomic mass is 10.2. The highest BCUT2D eigenvalue weighted by molar-refractivity contribution is 5.95. The Morgan fingerprint density at radius 1 is 1.24 bits per heavy atom. The molecule has 0 radical (unpaired) electrons. The summed E-state index contributed by atoms with van der Waals surface area (Å²) >= 11 is 0. The molecule has 0 bridgehead atoms. The van der Waals surface area contributed by atoms with Gasteiger partial charge in [0.1, 0.15) is 0 Å². The molecule has 0 aromatic carbocycles. The first-order chi connectivity index (χ1) is 12.3. The van der Waals surface area contributed by atoms with E-state index >= 15 is 0 Å². The van der Waals surface area contributed by atoms with Gasteiger partial charge in [-0.15, -0.1) is 0 Å². The number of nitrogens with zero attached hydrogens (tertiary/aromatic N) is 5. The fourth-order valence-electron chi connectivity index (χ4n) is 4.07. The third-order valence-electron chi connectivity index (χ3n) is 5.41. The van der Waals surface area contributed by atoms with Crippen LogP contribution in [-0.2, 0) is 6.42 Å². The van der Waals surface area contributed by atoms with Crippen molar-refractivity contribution in [3.05, 3.63) is 41.9 Å². The molecule has 1 atom stereocenters. The fraction of sp³-hybridized carbons (Fsp3) is 0.526. The van der Waals surface area contributed by atoms with Crippen LogP contribution in [0.25, 0.3) is 5.82 Å². The van der Waals surface area contributed by atoms with Gasteiger partial charge in [-0.3, -0.25) is 9.69 Å². The van der Waals surface area contributed by atoms with Crippen molar-refractivity contribution >= 4 is 5.91 Å². The van der Waals surface area contributed by atoms with E-state index in [1.54, 1.807) is 17.1 Å². The van der Waals surface area contributed by atoms with E-state index in [9.17, 15) is 4.79 Å². The van der Waals surface area contributed by atoms with Gasteiger partial charge in [0.15, 0.2) is 5.82 Å². The molecule has 2 aromatic rings. The summed E-state index contributed by atoms with van der Waals surface area (Å²) < 4.78 is 1.79. The lowest BCUT2D eigenvalue weighted by Crippen LogP contribution is -2.37. The molecule has 0 N–H and O–H groups in total. The van der Waals surface area contributed by atoms with Gasteiger partial charge in [0.05, 0.1) is 17.5 Å². The molecule has 2 aromatic heterocycles. The van der Waals surface area contributed by atoms with Crippen LogP contribution in [0.5, 0.6) is 0 Å². The van der Waals surface area contributed by atoms with Gasteiger partial charge < -0.3 is 4.90 Å². The Balaban J connectivity index is 1.54. The normalized spacial score (nSPS) is 21.2. The Labute approximate surface area is 148 Å². The second-order valence-corrected chi connectivity index (χ2v) is 6.89. The van der Waals surface area contributed by atoms with E-state index in [2.05, 4.69) is 21.9 Å². The van der Waals surface area contributed by atoms with Gasteiger partial charge in [-0.05, 0) is 50.9 Å². The first-order valence-electron chi connectivity index (χ1n) is 9.29. The molecular formula is C19H25N5O. The highest BCUT2D eigenvalue weighted by Crippen LogP contribution is 2.23. The summed E-state index contributed by atoms with van der Waals surface area (Å²) in [5, 5.41) is 4.44. The second kappa shape index (κ2) is 6.96. The predicted octanol–water partition coefficient (Wildman–Crippen LogP) is 2.14.